The van der Waals surface area contributed by atoms with E-state index in [2.05, 4.69) is 12.2 Å². The van der Waals surface area contributed by atoms with Gasteiger partial charge in [-0.3, -0.25) is 4.79 Å². The number of nitrogens with one attached hydrogen (secondary N) is 1. The molecule has 0 atom stereocenters. The third-order valence-electron chi connectivity index (χ3n) is 3.85. The van der Waals surface area contributed by atoms with Crippen molar-refractivity contribution in [1.29, 1.82) is 0 Å². The van der Waals surface area contributed by atoms with Crippen molar-refractivity contribution in [2.45, 2.75) is 26.2 Å². The highest BCUT2D eigenvalue weighted by Gasteiger charge is 2.37. The Labute approximate surface area is 116 Å². The van der Waals surface area contributed by atoms with E-state index in [1.54, 1.807) is 14.2 Å². The highest BCUT2D eigenvalue weighted by molar-refractivity contribution is 5.82. The summed E-state index contributed by atoms with van der Waals surface area (Å²) in [4.78, 5) is 14.7. The van der Waals surface area contributed by atoms with E-state index in [-0.39, 0.29) is 11.3 Å². The Balaban J connectivity index is 2.57. The molecule has 5 nitrogen and oxygen atoms in total. The predicted octanol–water partition coefficient (Wildman–Crippen LogP) is 0.888. The summed E-state index contributed by atoms with van der Waals surface area (Å²) >= 11 is 0. The van der Waals surface area contributed by atoms with Gasteiger partial charge >= 0.3 is 0 Å². The quantitative estimate of drug-likeness (QED) is 0.667. The van der Waals surface area contributed by atoms with E-state index in [0.717, 1.165) is 38.9 Å². The molecule has 0 bridgehead atoms. The molecule has 1 aliphatic heterocycles. The minimum Gasteiger partial charge on any atom is -0.385 e. The van der Waals surface area contributed by atoms with E-state index in [4.69, 9.17) is 9.47 Å². The van der Waals surface area contributed by atoms with Crippen LogP contribution in [0.4, 0.5) is 0 Å². The number of carbonyl (C=O) groups excluding carboxylic acids is 1. The molecule has 1 heterocycles. The fourth-order valence-corrected chi connectivity index (χ4v) is 2.49. The van der Waals surface area contributed by atoms with Gasteiger partial charge in [-0.15, -0.1) is 0 Å². The van der Waals surface area contributed by atoms with Crippen molar-refractivity contribution in [3.8, 4) is 0 Å². The van der Waals surface area contributed by atoms with Crippen LogP contribution in [0.5, 0.6) is 0 Å². The Morgan fingerprint density at radius 1 is 1.16 bits per heavy atom. The lowest BCUT2D eigenvalue weighted by Crippen LogP contribution is -2.49. The summed E-state index contributed by atoms with van der Waals surface area (Å²) in [7, 11) is 3.36. The van der Waals surface area contributed by atoms with Crippen molar-refractivity contribution in [2.24, 2.45) is 5.41 Å². The van der Waals surface area contributed by atoms with Crippen LogP contribution in [-0.4, -0.2) is 64.4 Å². The van der Waals surface area contributed by atoms with Crippen LogP contribution in [0.1, 0.15) is 26.2 Å². The SMILES string of the molecule is COCCCN(CCOC)C(=O)C1(C)CCNCC1. The Morgan fingerprint density at radius 3 is 2.37 bits per heavy atom. The van der Waals surface area contributed by atoms with Crippen molar-refractivity contribution in [1.82, 2.24) is 10.2 Å². The van der Waals surface area contributed by atoms with Crippen molar-refractivity contribution in [3.63, 3.8) is 0 Å². The fraction of sp³-hybridized carbons (Fsp3) is 0.929. The molecule has 1 N–H and O–H groups in total. The van der Waals surface area contributed by atoms with Crippen LogP contribution in [0, 0.1) is 5.41 Å². The van der Waals surface area contributed by atoms with E-state index in [0.29, 0.717) is 19.8 Å². The van der Waals surface area contributed by atoms with E-state index in [1.165, 1.54) is 0 Å². The molecule has 0 aliphatic carbocycles. The minimum absolute atomic E-state index is 0.216. The average Bonchev–Trinajstić information content (AvgIpc) is 2.43. The number of hydrogen-bond acceptors (Lipinski definition) is 4. The van der Waals surface area contributed by atoms with Gasteiger partial charge in [0.25, 0.3) is 0 Å². The zero-order valence-electron chi connectivity index (χ0n) is 12.5. The summed E-state index contributed by atoms with van der Waals surface area (Å²) in [6.07, 6.45) is 2.71. The van der Waals surface area contributed by atoms with Crippen molar-refractivity contribution < 1.29 is 14.3 Å². The molecule has 0 aromatic carbocycles. The van der Waals surface area contributed by atoms with Crippen LogP contribution in [0.25, 0.3) is 0 Å². The van der Waals surface area contributed by atoms with Crippen LogP contribution < -0.4 is 5.32 Å². The first-order valence-electron chi connectivity index (χ1n) is 7.12. The molecule has 5 heteroatoms. The summed E-state index contributed by atoms with van der Waals surface area (Å²) in [6, 6.07) is 0. The van der Waals surface area contributed by atoms with Crippen LogP contribution in [-0.2, 0) is 14.3 Å². The standard InChI is InChI=1S/C14H28N2O3/c1-14(5-7-15-8-6-14)13(17)16(10-12-19-3)9-4-11-18-2/h15H,4-12H2,1-3H3. The number of hydrogen-bond donors (Lipinski definition) is 1. The second-order valence-electron chi connectivity index (χ2n) is 5.44. The Kier molecular flexibility index (Phi) is 7.34. The van der Waals surface area contributed by atoms with Crippen LogP contribution in [0.15, 0.2) is 0 Å². The van der Waals surface area contributed by atoms with Gasteiger partial charge in [-0.1, -0.05) is 6.92 Å². The molecule has 19 heavy (non-hydrogen) atoms. The smallest absolute Gasteiger partial charge is 0.228 e. The van der Waals surface area contributed by atoms with Gasteiger partial charge in [0, 0.05) is 39.3 Å². The monoisotopic (exact) mass is 272 g/mol. The third-order valence-corrected chi connectivity index (χ3v) is 3.85. The number of nitrogens with zero attached hydrogens (tertiary/aromatic N) is 1. The van der Waals surface area contributed by atoms with E-state index in [9.17, 15) is 4.79 Å². The average molecular weight is 272 g/mol. The maximum Gasteiger partial charge on any atom is 0.228 e. The lowest BCUT2D eigenvalue weighted by molar-refractivity contribution is -0.143. The molecule has 0 radical (unpaired) electrons. The van der Waals surface area contributed by atoms with Crippen LogP contribution in [0.3, 0.4) is 0 Å². The summed E-state index contributed by atoms with van der Waals surface area (Å²) in [5.74, 6) is 0.266. The Bertz CT molecular complexity index is 265. The summed E-state index contributed by atoms with van der Waals surface area (Å²) in [6.45, 7) is 6.65. The van der Waals surface area contributed by atoms with Crippen LogP contribution >= 0.6 is 0 Å². The van der Waals surface area contributed by atoms with Gasteiger partial charge in [0.2, 0.25) is 5.91 Å². The van der Waals surface area contributed by atoms with Gasteiger partial charge in [0.05, 0.1) is 6.61 Å². The molecule has 1 aliphatic rings. The maximum atomic E-state index is 12.7. The van der Waals surface area contributed by atoms with Crippen molar-refractivity contribution in [2.75, 3.05) is 53.6 Å². The zero-order chi connectivity index (χ0) is 14.1. The van der Waals surface area contributed by atoms with Gasteiger partial charge in [-0.05, 0) is 32.4 Å². The molecule has 1 amide bonds. The lowest BCUT2D eigenvalue weighted by atomic mass is 9.79. The number of methoxy groups -OCH3 is 2. The summed E-state index contributed by atoms with van der Waals surface area (Å²) in [5, 5.41) is 3.31. The van der Waals surface area contributed by atoms with Crippen LogP contribution in [0.2, 0.25) is 0 Å². The van der Waals surface area contributed by atoms with E-state index >= 15 is 0 Å². The highest BCUT2D eigenvalue weighted by Crippen LogP contribution is 2.30. The fourth-order valence-electron chi connectivity index (χ4n) is 2.49. The third kappa shape index (κ3) is 5.09. The first kappa shape index (κ1) is 16.4. The molecular formula is C14H28N2O3. The number of rotatable bonds is 8. The van der Waals surface area contributed by atoms with Crippen molar-refractivity contribution >= 4 is 5.91 Å². The molecule has 112 valence electrons. The molecule has 1 saturated heterocycles. The molecular weight excluding hydrogens is 244 g/mol. The summed E-state index contributed by atoms with van der Waals surface area (Å²) < 4.78 is 10.2. The van der Waals surface area contributed by atoms with Gasteiger partial charge < -0.3 is 19.7 Å². The largest absolute Gasteiger partial charge is 0.385 e. The number of amides is 1. The van der Waals surface area contributed by atoms with Gasteiger partial charge in [0.15, 0.2) is 0 Å². The predicted molar refractivity (Wildman–Crippen MR) is 75.2 cm³/mol. The second kappa shape index (κ2) is 8.51. The van der Waals surface area contributed by atoms with Gasteiger partial charge in [0.1, 0.15) is 0 Å². The van der Waals surface area contributed by atoms with Gasteiger partial charge in [-0.2, -0.15) is 0 Å². The van der Waals surface area contributed by atoms with Gasteiger partial charge in [-0.25, -0.2) is 0 Å². The van der Waals surface area contributed by atoms with E-state index in [1.807, 2.05) is 4.90 Å². The summed E-state index contributed by atoms with van der Waals surface area (Å²) in [5.41, 5.74) is -0.216. The molecule has 0 saturated carbocycles. The second-order valence-corrected chi connectivity index (χ2v) is 5.44. The Hall–Kier alpha value is -0.650. The normalized spacial score (nSPS) is 18.3. The zero-order valence-corrected chi connectivity index (χ0v) is 12.5. The first-order chi connectivity index (χ1) is 9.14. The maximum absolute atomic E-state index is 12.7. The molecule has 1 fully saturated rings. The molecule has 0 unspecified atom stereocenters. The first-order valence-corrected chi connectivity index (χ1v) is 7.12. The highest BCUT2D eigenvalue weighted by atomic mass is 16.5. The lowest BCUT2D eigenvalue weighted by Gasteiger charge is -2.37. The topological polar surface area (TPSA) is 50.8 Å². The minimum atomic E-state index is -0.216. The molecule has 0 aromatic heterocycles. The Morgan fingerprint density at radius 2 is 1.79 bits per heavy atom. The number of carbonyl (C=O) groups is 1. The molecule has 1 rings (SSSR count). The number of ether oxygens (including phenoxy) is 2. The van der Waals surface area contributed by atoms with E-state index < -0.39 is 0 Å². The van der Waals surface area contributed by atoms with Crippen molar-refractivity contribution in [3.05, 3.63) is 0 Å². The number of piperidine rings is 1. The molecule has 0 aromatic rings. The molecule has 0 spiro atoms.